The van der Waals surface area contributed by atoms with E-state index in [9.17, 15) is 22.4 Å². The Kier molecular flexibility index (Phi) is 5.41. The summed E-state index contributed by atoms with van der Waals surface area (Å²) >= 11 is 0. The van der Waals surface area contributed by atoms with Crippen LogP contribution in [0.4, 0.5) is 23.4 Å². The molecule has 1 N–H and O–H groups in total. The van der Waals surface area contributed by atoms with Crippen LogP contribution in [0.15, 0.2) is 43.0 Å². The summed E-state index contributed by atoms with van der Waals surface area (Å²) in [5.74, 6) is -0.443. The van der Waals surface area contributed by atoms with Gasteiger partial charge in [0.15, 0.2) is 5.69 Å². The van der Waals surface area contributed by atoms with Crippen LogP contribution >= 0.6 is 0 Å². The minimum atomic E-state index is -4.56. The number of hydrogen-bond donors (Lipinski definition) is 1. The molecule has 5 rings (SSSR count). The average Bonchev–Trinajstić information content (AvgIpc) is 3.39. The van der Waals surface area contributed by atoms with Crippen LogP contribution in [0.2, 0.25) is 0 Å². The summed E-state index contributed by atoms with van der Waals surface area (Å²) in [4.78, 5) is 30.9. The molecule has 2 bridgehead atoms. The van der Waals surface area contributed by atoms with Gasteiger partial charge in [-0.2, -0.15) is 13.2 Å². The van der Waals surface area contributed by atoms with Gasteiger partial charge >= 0.3 is 6.18 Å². The molecule has 0 aromatic carbocycles. The molecule has 7 nitrogen and oxygen atoms in total. The molecule has 176 valence electrons. The van der Waals surface area contributed by atoms with Gasteiger partial charge in [0.25, 0.3) is 5.91 Å². The van der Waals surface area contributed by atoms with Gasteiger partial charge in [-0.05, 0) is 49.4 Å². The fraction of sp³-hybridized carbons (Fsp3) is 0.348. The van der Waals surface area contributed by atoms with Crippen molar-refractivity contribution in [3.8, 4) is 11.3 Å². The van der Waals surface area contributed by atoms with Crippen LogP contribution in [0.5, 0.6) is 0 Å². The van der Waals surface area contributed by atoms with Crippen LogP contribution in [-0.2, 0) is 6.18 Å². The summed E-state index contributed by atoms with van der Waals surface area (Å²) in [5, 5.41) is 3.12. The van der Waals surface area contributed by atoms with Crippen LogP contribution < -0.4 is 5.32 Å². The van der Waals surface area contributed by atoms with Crippen molar-refractivity contribution < 1.29 is 22.4 Å². The molecule has 3 aromatic rings. The van der Waals surface area contributed by atoms with Crippen molar-refractivity contribution in [1.82, 2.24) is 24.8 Å². The number of anilines is 1. The molecule has 1 amide bonds. The number of carbonyl (C=O) groups excluding carboxylic acids is 1. The van der Waals surface area contributed by atoms with Gasteiger partial charge in [-0.25, -0.2) is 14.4 Å². The van der Waals surface area contributed by atoms with Crippen molar-refractivity contribution in [1.29, 1.82) is 0 Å². The fourth-order valence-corrected chi connectivity index (χ4v) is 4.79. The summed E-state index contributed by atoms with van der Waals surface area (Å²) in [5.41, 5.74) is 0.191. The van der Waals surface area contributed by atoms with E-state index >= 15 is 0 Å². The number of hydrogen-bond acceptors (Lipinski definition) is 6. The molecule has 1 saturated heterocycles. The minimum absolute atomic E-state index is 0.0566. The fourth-order valence-electron chi connectivity index (χ4n) is 4.79. The van der Waals surface area contributed by atoms with E-state index in [1.165, 1.54) is 18.3 Å². The quantitative estimate of drug-likeness (QED) is 0.576. The van der Waals surface area contributed by atoms with E-state index in [2.05, 4.69) is 25.3 Å². The number of rotatable bonds is 4. The molecule has 34 heavy (non-hydrogen) atoms. The summed E-state index contributed by atoms with van der Waals surface area (Å²) < 4.78 is 52.7. The van der Waals surface area contributed by atoms with Gasteiger partial charge < -0.3 is 10.2 Å². The normalized spacial score (nSPS) is 21.7. The first-order chi connectivity index (χ1) is 16.2. The third kappa shape index (κ3) is 4.06. The monoisotopic (exact) mass is 472 g/mol. The Morgan fingerprint density at radius 1 is 1.12 bits per heavy atom. The summed E-state index contributed by atoms with van der Waals surface area (Å²) in [6.07, 6.45) is 1.67. The highest BCUT2D eigenvalue weighted by Crippen LogP contribution is 2.40. The van der Waals surface area contributed by atoms with Crippen LogP contribution in [-0.4, -0.2) is 49.4 Å². The van der Waals surface area contributed by atoms with Gasteiger partial charge in [0.1, 0.15) is 23.0 Å². The van der Waals surface area contributed by atoms with E-state index in [4.69, 9.17) is 0 Å². The van der Waals surface area contributed by atoms with E-state index < -0.39 is 17.7 Å². The van der Waals surface area contributed by atoms with E-state index in [1.54, 1.807) is 24.1 Å². The summed E-state index contributed by atoms with van der Waals surface area (Å²) in [7, 11) is 0. The molecular weight excluding hydrogens is 452 g/mol. The maximum atomic E-state index is 14.5. The first-order valence-electron chi connectivity index (χ1n) is 10.7. The predicted octanol–water partition coefficient (Wildman–Crippen LogP) is 4.12. The number of carbonyl (C=O) groups is 1. The Labute approximate surface area is 192 Å². The number of nitrogens with zero attached hydrogens (tertiary/aromatic N) is 5. The molecule has 2 aliphatic rings. The molecule has 1 aliphatic carbocycles. The van der Waals surface area contributed by atoms with E-state index in [0.29, 0.717) is 18.3 Å². The largest absolute Gasteiger partial charge is 0.434 e. The Hall–Kier alpha value is -3.63. The summed E-state index contributed by atoms with van der Waals surface area (Å²) in [6, 6.07) is 4.04. The number of amides is 1. The van der Waals surface area contributed by atoms with Crippen molar-refractivity contribution in [2.75, 3.05) is 11.9 Å². The van der Waals surface area contributed by atoms with E-state index in [-0.39, 0.29) is 41.1 Å². The lowest BCUT2D eigenvalue weighted by atomic mass is 10.0. The number of nitrogens with one attached hydrogen (secondary N) is 1. The maximum absolute atomic E-state index is 14.5. The molecule has 1 aliphatic heterocycles. The van der Waals surface area contributed by atoms with E-state index in [1.807, 2.05) is 0 Å². The molecule has 3 atom stereocenters. The van der Waals surface area contributed by atoms with Crippen molar-refractivity contribution in [3.63, 3.8) is 0 Å². The zero-order valence-electron chi connectivity index (χ0n) is 18.1. The van der Waals surface area contributed by atoms with Gasteiger partial charge in [0, 0.05) is 30.5 Å². The molecule has 1 saturated carbocycles. The van der Waals surface area contributed by atoms with E-state index in [0.717, 1.165) is 24.6 Å². The van der Waals surface area contributed by atoms with Gasteiger partial charge in [0.05, 0.1) is 18.4 Å². The number of aryl methyl sites for hydroxylation is 1. The van der Waals surface area contributed by atoms with Crippen LogP contribution in [0.3, 0.4) is 0 Å². The summed E-state index contributed by atoms with van der Waals surface area (Å²) in [6.45, 7) is 2.33. The Bertz CT molecular complexity index is 1230. The third-order valence-corrected chi connectivity index (χ3v) is 6.26. The lowest BCUT2D eigenvalue weighted by Gasteiger charge is -2.34. The number of fused-ring (bicyclic) bond motifs is 2. The highest BCUT2D eigenvalue weighted by atomic mass is 19.4. The van der Waals surface area contributed by atoms with Gasteiger partial charge in [-0.3, -0.25) is 14.8 Å². The van der Waals surface area contributed by atoms with Crippen molar-refractivity contribution >= 4 is 11.7 Å². The van der Waals surface area contributed by atoms with Crippen molar-refractivity contribution in [3.05, 3.63) is 65.8 Å². The van der Waals surface area contributed by atoms with Crippen LogP contribution in [0.25, 0.3) is 11.3 Å². The van der Waals surface area contributed by atoms with Crippen LogP contribution in [0, 0.1) is 18.7 Å². The molecule has 4 heterocycles. The highest BCUT2D eigenvalue weighted by molar-refractivity contribution is 5.99. The molecule has 11 heteroatoms. The second kappa shape index (κ2) is 8.30. The SMILES string of the molecule is Cc1cnc(C(=O)N2C[C@H]3C[C@@H](Nc4cnc(C(F)(F)F)cn4)[C@@H]2C3)c(-c2ncccc2F)c1. The predicted molar refractivity (Wildman–Crippen MR) is 114 cm³/mol. The van der Waals surface area contributed by atoms with Crippen LogP contribution in [0.1, 0.15) is 34.6 Å². The number of halogens is 4. The van der Waals surface area contributed by atoms with Gasteiger partial charge in [-0.1, -0.05) is 0 Å². The zero-order chi connectivity index (χ0) is 24.0. The van der Waals surface area contributed by atoms with Gasteiger partial charge in [0.2, 0.25) is 0 Å². The maximum Gasteiger partial charge on any atom is 0.434 e. The number of alkyl halides is 3. The number of piperidine rings is 1. The first kappa shape index (κ1) is 22.2. The Morgan fingerprint density at radius 2 is 1.94 bits per heavy atom. The molecule has 3 aromatic heterocycles. The Morgan fingerprint density at radius 3 is 2.62 bits per heavy atom. The molecular formula is C23H20F4N6O. The molecule has 0 radical (unpaired) electrons. The molecule has 2 fully saturated rings. The minimum Gasteiger partial charge on any atom is -0.364 e. The van der Waals surface area contributed by atoms with Gasteiger partial charge in [-0.15, -0.1) is 0 Å². The average molecular weight is 472 g/mol. The first-order valence-corrected chi connectivity index (χ1v) is 10.7. The van der Waals surface area contributed by atoms with Crippen molar-refractivity contribution in [2.24, 2.45) is 5.92 Å². The number of likely N-dealkylation sites (tertiary alicyclic amines) is 1. The number of aromatic nitrogens is 4. The second-order valence-electron chi connectivity index (χ2n) is 8.64. The topological polar surface area (TPSA) is 83.9 Å². The standard InChI is InChI=1S/C23H20F4N6O/c1-12-5-14(20-15(24)3-2-4-28-20)21(31-8-12)22(34)33-11-13-6-16(17(33)7-13)32-19-10-29-18(9-30-19)23(25,26)27/h2-5,8-10,13,16-17H,6-7,11H2,1H3,(H,30,32)/t13-,16+,17-/m0/s1. The molecule has 0 unspecified atom stereocenters. The Balaban J connectivity index is 1.39. The lowest BCUT2D eigenvalue weighted by molar-refractivity contribution is -0.141. The highest BCUT2D eigenvalue weighted by Gasteiger charge is 2.48. The second-order valence-corrected chi connectivity index (χ2v) is 8.64. The zero-order valence-corrected chi connectivity index (χ0v) is 18.1. The van der Waals surface area contributed by atoms with Crippen molar-refractivity contribution in [2.45, 2.75) is 38.0 Å². The lowest BCUT2D eigenvalue weighted by Crippen LogP contribution is -2.48. The third-order valence-electron chi connectivity index (χ3n) is 6.26. The number of pyridine rings is 2. The smallest absolute Gasteiger partial charge is 0.364 e. The molecule has 0 spiro atoms.